The third kappa shape index (κ3) is 5.26. The van der Waals surface area contributed by atoms with Crippen LogP contribution in [0.5, 0.6) is 11.5 Å². The van der Waals surface area contributed by atoms with Gasteiger partial charge in [-0.1, -0.05) is 18.2 Å². The zero-order valence-electron chi connectivity index (χ0n) is 17.5. The van der Waals surface area contributed by atoms with Gasteiger partial charge in [-0.15, -0.1) is 0 Å². The number of aliphatic hydroxyl groups excluding tert-OH is 1. The van der Waals surface area contributed by atoms with Crippen LogP contribution in [-0.4, -0.2) is 61.4 Å². The lowest BCUT2D eigenvalue weighted by Gasteiger charge is -2.41. The lowest BCUT2D eigenvalue weighted by atomic mass is 10.0. The van der Waals surface area contributed by atoms with E-state index in [1.807, 2.05) is 25.1 Å². The summed E-state index contributed by atoms with van der Waals surface area (Å²) in [4.78, 5) is 4.79. The van der Waals surface area contributed by atoms with Crippen LogP contribution < -0.4 is 9.47 Å². The highest BCUT2D eigenvalue weighted by atomic mass is 19.1. The molecule has 1 saturated heterocycles. The number of halogens is 1. The van der Waals surface area contributed by atoms with E-state index in [0.717, 1.165) is 67.3 Å². The van der Waals surface area contributed by atoms with E-state index in [1.54, 1.807) is 14.2 Å². The first-order valence-corrected chi connectivity index (χ1v) is 10.1. The molecule has 29 heavy (non-hydrogen) atoms. The maximum Gasteiger partial charge on any atom is 0.129 e. The van der Waals surface area contributed by atoms with E-state index in [-0.39, 0.29) is 18.5 Å². The summed E-state index contributed by atoms with van der Waals surface area (Å²) in [7, 11) is 3.36. The quantitative estimate of drug-likeness (QED) is 0.735. The minimum absolute atomic E-state index is 0.156. The van der Waals surface area contributed by atoms with Gasteiger partial charge >= 0.3 is 0 Å². The Morgan fingerprint density at radius 3 is 2.45 bits per heavy atom. The molecule has 1 aliphatic rings. The van der Waals surface area contributed by atoms with Crippen LogP contribution in [0.15, 0.2) is 36.4 Å². The second kappa shape index (κ2) is 10.1. The summed E-state index contributed by atoms with van der Waals surface area (Å²) >= 11 is 0. The van der Waals surface area contributed by atoms with Crippen LogP contribution >= 0.6 is 0 Å². The number of benzene rings is 2. The first-order valence-electron chi connectivity index (χ1n) is 10.1. The normalized spacial score (nSPS) is 18.0. The van der Waals surface area contributed by atoms with Crippen LogP contribution in [0.2, 0.25) is 0 Å². The van der Waals surface area contributed by atoms with Crippen LogP contribution in [0.1, 0.15) is 23.1 Å². The van der Waals surface area contributed by atoms with Crippen molar-refractivity contribution >= 4 is 0 Å². The molecule has 0 unspecified atom stereocenters. The summed E-state index contributed by atoms with van der Waals surface area (Å²) in [5.41, 5.74) is 3.24. The van der Waals surface area contributed by atoms with Gasteiger partial charge in [-0.2, -0.15) is 0 Å². The van der Waals surface area contributed by atoms with E-state index < -0.39 is 0 Å². The molecule has 0 radical (unpaired) electrons. The molecule has 0 aromatic heterocycles. The summed E-state index contributed by atoms with van der Waals surface area (Å²) in [6, 6.07) is 11.0. The summed E-state index contributed by atoms with van der Waals surface area (Å²) in [5, 5.41) is 9.56. The van der Waals surface area contributed by atoms with Crippen molar-refractivity contribution in [2.24, 2.45) is 0 Å². The Balaban J connectivity index is 1.69. The van der Waals surface area contributed by atoms with E-state index in [9.17, 15) is 9.50 Å². The number of hydrogen-bond acceptors (Lipinski definition) is 5. The molecule has 6 heteroatoms. The first-order chi connectivity index (χ1) is 14.0. The van der Waals surface area contributed by atoms with E-state index in [4.69, 9.17) is 9.47 Å². The smallest absolute Gasteiger partial charge is 0.129 e. The molecule has 0 aliphatic carbocycles. The maximum absolute atomic E-state index is 13.2. The van der Waals surface area contributed by atoms with Gasteiger partial charge in [-0.05, 0) is 37.1 Å². The Kier molecular flexibility index (Phi) is 7.47. The Labute approximate surface area is 172 Å². The van der Waals surface area contributed by atoms with Crippen LogP contribution in [0.25, 0.3) is 0 Å². The van der Waals surface area contributed by atoms with E-state index >= 15 is 0 Å². The maximum atomic E-state index is 13.2. The molecule has 3 rings (SSSR count). The molecule has 1 fully saturated rings. The van der Waals surface area contributed by atoms with E-state index in [1.165, 1.54) is 12.1 Å². The lowest BCUT2D eigenvalue weighted by molar-refractivity contribution is 0.0496. The number of piperazine rings is 1. The van der Waals surface area contributed by atoms with Crippen molar-refractivity contribution in [1.82, 2.24) is 9.80 Å². The molecule has 0 bridgehead atoms. The number of methoxy groups -OCH3 is 2. The number of rotatable bonds is 8. The molecule has 0 spiro atoms. The fourth-order valence-corrected chi connectivity index (χ4v) is 4.16. The SMILES string of the molecule is COc1ccc(CN2CCN(Cc3ccc(F)cc3)[C@H](CCO)C2)c(OC)c1C. The predicted octanol–water partition coefficient (Wildman–Crippen LogP) is 3.22. The molecule has 1 aliphatic heterocycles. The topological polar surface area (TPSA) is 45.2 Å². The van der Waals surface area contributed by atoms with Gasteiger partial charge in [-0.25, -0.2) is 4.39 Å². The monoisotopic (exact) mass is 402 g/mol. The van der Waals surface area contributed by atoms with Gasteiger partial charge in [0.25, 0.3) is 0 Å². The second-order valence-electron chi connectivity index (χ2n) is 7.58. The van der Waals surface area contributed by atoms with Gasteiger partial charge in [0.2, 0.25) is 0 Å². The van der Waals surface area contributed by atoms with Gasteiger partial charge in [0.1, 0.15) is 17.3 Å². The highest BCUT2D eigenvalue weighted by Crippen LogP contribution is 2.32. The van der Waals surface area contributed by atoms with Gasteiger partial charge in [0.15, 0.2) is 0 Å². The van der Waals surface area contributed by atoms with Crippen molar-refractivity contribution in [1.29, 1.82) is 0 Å². The van der Waals surface area contributed by atoms with Gasteiger partial charge in [0.05, 0.1) is 14.2 Å². The average Bonchev–Trinajstić information content (AvgIpc) is 2.72. The van der Waals surface area contributed by atoms with Gasteiger partial charge in [-0.3, -0.25) is 9.80 Å². The Morgan fingerprint density at radius 1 is 1.03 bits per heavy atom. The van der Waals surface area contributed by atoms with Crippen molar-refractivity contribution < 1.29 is 19.0 Å². The lowest BCUT2D eigenvalue weighted by Crippen LogP contribution is -2.52. The molecular formula is C23H31FN2O3. The van der Waals surface area contributed by atoms with Crippen LogP contribution in [-0.2, 0) is 13.1 Å². The minimum atomic E-state index is -0.214. The highest BCUT2D eigenvalue weighted by Gasteiger charge is 2.27. The molecular weight excluding hydrogens is 371 g/mol. The van der Waals surface area contributed by atoms with E-state index in [0.29, 0.717) is 0 Å². The van der Waals surface area contributed by atoms with Gasteiger partial charge < -0.3 is 14.6 Å². The number of nitrogens with zero attached hydrogens (tertiary/aromatic N) is 2. The largest absolute Gasteiger partial charge is 0.496 e. The molecule has 1 atom stereocenters. The Bertz CT molecular complexity index is 797. The fourth-order valence-electron chi connectivity index (χ4n) is 4.16. The summed E-state index contributed by atoms with van der Waals surface area (Å²) in [6.07, 6.45) is 0.719. The molecule has 0 saturated carbocycles. The first kappa shape index (κ1) is 21.6. The molecule has 158 valence electrons. The Hall–Kier alpha value is -2.15. The Morgan fingerprint density at radius 2 is 1.79 bits per heavy atom. The number of ether oxygens (including phenoxy) is 2. The predicted molar refractivity (Wildman–Crippen MR) is 112 cm³/mol. The van der Waals surface area contributed by atoms with Crippen molar-refractivity contribution in [3.63, 3.8) is 0 Å². The molecule has 1 N–H and O–H groups in total. The average molecular weight is 403 g/mol. The van der Waals surface area contributed by atoms with Crippen LogP contribution in [0.3, 0.4) is 0 Å². The number of hydrogen-bond donors (Lipinski definition) is 1. The minimum Gasteiger partial charge on any atom is -0.496 e. The second-order valence-corrected chi connectivity index (χ2v) is 7.58. The van der Waals surface area contributed by atoms with Crippen LogP contribution in [0, 0.1) is 12.7 Å². The zero-order chi connectivity index (χ0) is 20.8. The van der Waals surface area contributed by atoms with Crippen molar-refractivity contribution in [2.75, 3.05) is 40.5 Å². The summed E-state index contributed by atoms with van der Waals surface area (Å²) < 4.78 is 24.3. The van der Waals surface area contributed by atoms with Gasteiger partial charge in [0, 0.05) is 56.5 Å². The standard InChI is InChI=1S/C23H31FN2O3/c1-17-22(28-2)9-6-19(23(17)29-3)15-25-11-12-26(21(16-25)10-13-27)14-18-4-7-20(24)8-5-18/h4-9,21,27H,10-16H2,1-3H3/t21-/m1/s1. The molecule has 5 nitrogen and oxygen atoms in total. The number of aliphatic hydroxyl groups is 1. The molecule has 1 heterocycles. The third-order valence-electron chi connectivity index (χ3n) is 5.71. The third-order valence-corrected chi connectivity index (χ3v) is 5.71. The van der Waals surface area contributed by atoms with Crippen LogP contribution in [0.4, 0.5) is 4.39 Å². The highest BCUT2D eigenvalue weighted by molar-refractivity contribution is 5.49. The summed E-state index contributed by atoms with van der Waals surface area (Å²) in [6.45, 7) is 6.43. The van der Waals surface area contributed by atoms with E-state index in [2.05, 4.69) is 15.9 Å². The molecule has 2 aromatic carbocycles. The van der Waals surface area contributed by atoms with Crippen molar-refractivity contribution in [2.45, 2.75) is 32.5 Å². The molecule has 0 amide bonds. The molecule has 2 aromatic rings. The van der Waals surface area contributed by atoms with Crippen molar-refractivity contribution in [3.05, 3.63) is 58.9 Å². The summed E-state index contributed by atoms with van der Waals surface area (Å²) in [5.74, 6) is 1.49. The van der Waals surface area contributed by atoms with Crippen molar-refractivity contribution in [3.8, 4) is 11.5 Å². The fraction of sp³-hybridized carbons (Fsp3) is 0.478. The zero-order valence-corrected chi connectivity index (χ0v) is 17.5.